The summed E-state index contributed by atoms with van der Waals surface area (Å²) in [6.07, 6.45) is 4.00. The summed E-state index contributed by atoms with van der Waals surface area (Å²) in [7, 11) is -3.15. The van der Waals surface area contributed by atoms with E-state index >= 15 is 0 Å². The number of aliphatic hydroxyl groups is 1. The van der Waals surface area contributed by atoms with Crippen molar-refractivity contribution < 1.29 is 13.5 Å². The average molecular weight is 322 g/mol. The van der Waals surface area contributed by atoms with Gasteiger partial charge in [0.05, 0.1) is 6.26 Å². The van der Waals surface area contributed by atoms with Crippen LogP contribution in [0.25, 0.3) is 0 Å². The molecule has 0 bridgehead atoms. The van der Waals surface area contributed by atoms with E-state index in [1.807, 2.05) is 6.92 Å². The number of aliphatic imine (C=N–C) groups is 1. The molecule has 126 valence electrons. The van der Waals surface area contributed by atoms with Crippen molar-refractivity contribution >= 4 is 16.0 Å². The van der Waals surface area contributed by atoms with Crippen molar-refractivity contribution in [2.24, 2.45) is 10.9 Å². The molecular weight excluding hydrogens is 292 g/mol. The molecule has 8 heteroatoms. The first kappa shape index (κ1) is 20.1. The third-order valence-electron chi connectivity index (χ3n) is 2.87. The quantitative estimate of drug-likeness (QED) is 0.241. The third-order valence-corrected chi connectivity index (χ3v) is 3.60. The van der Waals surface area contributed by atoms with Gasteiger partial charge in [-0.2, -0.15) is 0 Å². The molecular formula is C13H30N4O3S. The fraction of sp³-hybridized carbons (Fsp3) is 0.923. The summed E-state index contributed by atoms with van der Waals surface area (Å²) in [5, 5.41) is 15.2. The average Bonchev–Trinajstić information content (AvgIpc) is 2.40. The van der Waals surface area contributed by atoms with E-state index in [1.165, 1.54) is 0 Å². The molecule has 0 aromatic carbocycles. The summed E-state index contributed by atoms with van der Waals surface area (Å²) < 4.78 is 24.3. The number of hydrogen-bond acceptors (Lipinski definition) is 4. The monoisotopic (exact) mass is 322 g/mol. The Morgan fingerprint density at radius 2 is 1.90 bits per heavy atom. The largest absolute Gasteiger partial charge is 0.396 e. The first-order chi connectivity index (χ1) is 9.92. The standard InChI is InChI=1S/C13H30N4O3S/c1-4-6-12(7-10-18)11-16-13(14-5-2)15-8-9-17-21(3,19)20/h12,17-18H,4-11H2,1-3H3,(H2,14,15,16). The van der Waals surface area contributed by atoms with Gasteiger partial charge in [-0.05, 0) is 25.7 Å². The SMILES string of the molecule is CCCC(CCO)CN=C(NCC)NCCNS(C)(=O)=O. The number of rotatable bonds is 11. The Kier molecular flexibility index (Phi) is 11.3. The van der Waals surface area contributed by atoms with Crippen LogP contribution in [0.5, 0.6) is 0 Å². The van der Waals surface area contributed by atoms with E-state index in [0.29, 0.717) is 31.5 Å². The minimum absolute atomic E-state index is 0.183. The zero-order valence-corrected chi connectivity index (χ0v) is 14.2. The molecule has 0 amide bonds. The number of nitrogens with one attached hydrogen (secondary N) is 3. The molecule has 0 fully saturated rings. The Bertz CT molecular complexity index is 379. The summed E-state index contributed by atoms with van der Waals surface area (Å²) in [4.78, 5) is 4.49. The molecule has 0 saturated heterocycles. The second-order valence-electron chi connectivity index (χ2n) is 4.98. The Morgan fingerprint density at radius 1 is 1.19 bits per heavy atom. The lowest BCUT2D eigenvalue weighted by Gasteiger charge is -2.15. The van der Waals surface area contributed by atoms with E-state index in [2.05, 4.69) is 27.3 Å². The number of nitrogens with zero attached hydrogens (tertiary/aromatic N) is 1. The van der Waals surface area contributed by atoms with Crippen LogP contribution in [0.2, 0.25) is 0 Å². The molecule has 0 rings (SSSR count). The van der Waals surface area contributed by atoms with Crippen LogP contribution < -0.4 is 15.4 Å². The first-order valence-corrected chi connectivity index (χ1v) is 9.39. The highest BCUT2D eigenvalue weighted by Crippen LogP contribution is 2.10. The molecule has 0 aromatic heterocycles. The van der Waals surface area contributed by atoms with E-state index < -0.39 is 10.0 Å². The van der Waals surface area contributed by atoms with Gasteiger partial charge >= 0.3 is 0 Å². The molecule has 21 heavy (non-hydrogen) atoms. The maximum absolute atomic E-state index is 11.0. The van der Waals surface area contributed by atoms with Gasteiger partial charge in [0, 0.05) is 32.8 Å². The predicted octanol–water partition coefficient (Wildman–Crippen LogP) is -0.111. The van der Waals surface area contributed by atoms with E-state index in [0.717, 1.165) is 32.1 Å². The Morgan fingerprint density at radius 3 is 2.43 bits per heavy atom. The van der Waals surface area contributed by atoms with Crippen LogP contribution in [0.1, 0.15) is 33.1 Å². The summed E-state index contributed by atoms with van der Waals surface area (Å²) in [5.74, 6) is 1.05. The minimum atomic E-state index is -3.15. The molecule has 0 spiro atoms. The molecule has 0 saturated carbocycles. The Balaban J connectivity index is 4.27. The van der Waals surface area contributed by atoms with E-state index in [-0.39, 0.29) is 6.61 Å². The summed E-state index contributed by atoms with van der Waals surface area (Å²) in [5.41, 5.74) is 0. The van der Waals surface area contributed by atoms with Crippen LogP contribution in [0.4, 0.5) is 0 Å². The van der Waals surface area contributed by atoms with Gasteiger partial charge in [0.25, 0.3) is 0 Å². The van der Waals surface area contributed by atoms with Crippen molar-refractivity contribution in [2.45, 2.75) is 33.1 Å². The van der Waals surface area contributed by atoms with Crippen LogP contribution in [0, 0.1) is 5.92 Å². The van der Waals surface area contributed by atoms with Crippen LogP contribution in [0.3, 0.4) is 0 Å². The topological polar surface area (TPSA) is 103 Å². The number of guanidine groups is 1. The van der Waals surface area contributed by atoms with Crippen molar-refractivity contribution in [3.05, 3.63) is 0 Å². The summed E-state index contributed by atoms with van der Waals surface area (Å²) in [6, 6.07) is 0. The molecule has 4 N–H and O–H groups in total. The summed E-state index contributed by atoms with van der Waals surface area (Å²) >= 11 is 0. The predicted molar refractivity (Wildman–Crippen MR) is 86.9 cm³/mol. The number of hydrogen-bond donors (Lipinski definition) is 4. The lowest BCUT2D eigenvalue weighted by molar-refractivity contribution is 0.253. The Labute approximate surface area is 128 Å². The lowest BCUT2D eigenvalue weighted by atomic mass is 10.0. The van der Waals surface area contributed by atoms with Crippen LogP contribution >= 0.6 is 0 Å². The van der Waals surface area contributed by atoms with Gasteiger partial charge in [0.15, 0.2) is 5.96 Å². The molecule has 7 nitrogen and oxygen atoms in total. The van der Waals surface area contributed by atoms with Crippen molar-refractivity contribution in [2.75, 3.05) is 39.0 Å². The minimum Gasteiger partial charge on any atom is -0.396 e. The second-order valence-corrected chi connectivity index (χ2v) is 6.81. The zero-order valence-electron chi connectivity index (χ0n) is 13.4. The Hall–Kier alpha value is -0.860. The van der Waals surface area contributed by atoms with Gasteiger partial charge in [-0.3, -0.25) is 4.99 Å². The third kappa shape index (κ3) is 12.6. The lowest BCUT2D eigenvalue weighted by Crippen LogP contribution is -2.41. The molecule has 0 aliphatic rings. The maximum atomic E-state index is 11.0. The fourth-order valence-corrected chi connectivity index (χ4v) is 2.37. The van der Waals surface area contributed by atoms with Crippen molar-refractivity contribution in [3.63, 3.8) is 0 Å². The number of sulfonamides is 1. The van der Waals surface area contributed by atoms with Crippen LogP contribution in [-0.2, 0) is 10.0 Å². The maximum Gasteiger partial charge on any atom is 0.208 e. The smallest absolute Gasteiger partial charge is 0.208 e. The van der Waals surface area contributed by atoms with Gasteiger partial charge in [0.2, 0.25) is 10.0 Å². The highest BCUT2D eigenvalue weighted by Gasteiger charge is 2.07. The van der Waals surface area contributed by atoms with Crippen molar-refractivity contribution in [1.29, 1.82) is 0 Å². The van der Waals surface area contributed by atoms with E-state index in [9.17, 15) is 8.42 Å². The molecule has 0 aliphatic carbocycles. The fourth-order valence-electron chi connectivity index (χ4n) is 1.90. The van der Waals surface area contributed by atoms with Crippen molar-refractivity contribution in [1.82, 2.24) is 15.4 Å². The first-order valence-electron chi connectivity index (χ1n) is 7.50. The normalized spacial score (nSPS) is 14.0. The zero-order chi connectivity index (χ0) is 16.1. The molecule has 0 aromatic rings. The molecule has 0 aliphatic heterocycles. The van der Waals surface area contributed by atoms with Gasteiger partial charge in [-0.15, -0.1) is 0 Å². The molecule has 0 radical (unpaired) electrons. The highest BCUT2D eigenvalue weighted by atomic mass is 32.2. The van der Waals surface area contributed by atoms with Gasteiger partial charge in [0.1, 0.15) is 0 Å². The molecule has 1 atom stereocenters. The number of aliphatic hydroxyl groups excluding tert-OH is 1. The molecule has 0 heterocycles. The van der Waals surface area contributed by atoms with Crippen molar-refractivity contribution in [3.8, 4) is 0 Å². The van der Waals surface area contributed by atoms with Crippen LogP contribution in [-0.4, -0.2) is 58.5 Å². The second kappa shape index (κ2) is 11.8. The highest BCUT2D eigenvalue weighted by molar-refractivity contribution is 7.88. The summed E-state index contributed by atoms with van der Waals surface area (Å²) in [6.45, 7) is 6.46. The molecule has 1 unspecified atom stereocenters. The van der Waals surface area contributed by atoms with Gasteiger partial charge in [-0.25, -0.2) is 13.1 Å². The van der Waals surface area contributed by atoms with Gasteiger partial charge < -0.3 is 15.7 Å². The van der Waals surface area contributed by atoms with E-state index in [1.54, 1.807) is 0 Å². The van der Waals surface area contributed by atoms with E-state index in [4.69, 9.17) is 5.11 Å². The van der Waals surface area contributed by atoms with Gasteiger partial charge in [-0.1, -0.05) is 13.3 Å². The van der Waals surface area contributed by atoms with Crippen LogP contribution in [0.15, 0.2) is 4.99 Å².